The van der Waals surface area contributed by atoms with Gasteiger partial charge in [0.15, 0.2) is 0 Å². The number of rotatable bonds is 7. The van der Waals surface area contributed by atoms with E-state index < -0.39 is 10.0 Å². The van der Waals surface area contributed by atoms with Gasteiger partial charge in [-0.1, -0.05) is 30.2 Å². The van der Waals surface area contributed by atoms with Crippen LogP contribution in [0.3, 0.4) is 0 Å². The number of benzene rings is 1. The summed E-state index contributed by atoms with van der Waals surface area (Å²) in [5.41, 5.74) is 0.764. The number of carbonyl (C=O) groups excluding carboxylic acids is 1. The quantitative estimate of drug-likeness (QED) is 0.750. The molecule has 1 saturated heterocycles. The molecule has 0 radical (unpaired) electrons. The molecule has 0 aromatic heterocycles. The van der Waals surface area contributed by atoms with Crippen LogP contribution < -0.4 is 4.72 Å². The molecule has 1 amide bonds. The van der Waals surface area contributed by atoms with Crippen molar-refractivity contribution in [1.82, 2.24) is 9.62 Å². The second-order valence-corrected chi connectivity index (χ2v) is 7.93. The van der Waals surface area contributed by atoms with Crippen molar-refractivity contribution in [2.75, 3.05) is 19.6 Å². The smallest absolute Gasteiger partial charge is 0.233 e. The molecule has 1 aliphatic heterocycles. The summed E-state index contributed by atoms with van der Waals surface area (Å²) in [7, 11) is -3.48. The molecule has 0 saturated carbocycles. The van der Waals surface area contributed by atoms with Crippen LogP contribution in [0.15, 0.2) is 29.7 Å². The van der Waals surface area contributed by atoms with Crippen LogP contribution in [0, 0.1) is 0 Å². The normalized spacial score (nSPS) is 16.5. The molecule has 24 heavy (non-hydrogen) atoms. The Hall–Kier alpha value is -1.37. The Morgan fingerprint density at radius 3 is 2.67 bits per heavy atom. The van der Waals surface area contributed by atoms with Gasteiger partial charge in [0.05, 0.1) is 0 Å². The lowest BCUT2D eigenvalue weighted by atomic mass is 10.2. The number of carbonyl (C=O) groups is 1. The Labute approximate surface area is 148 Å². The first kappa shape index (κ1) is 19.0. The van der Waals surface area contributed by atoms with E-state index >= 15 is 0 Å². The first-order valence-corrected chi connectivity index (χ1v) is 10.1. The van der Waals surface area contributed by atoms with E-state index in [2.05, 4.69) is 4.72 Å². The van der Waals surface area contributed by atoms with Gasteiger partial charge in [-0.3, -0.25) is 4.79 Å². The third-order valence-electron chi connectivity index (χ3n) is 3.89. The number of hydrogen-bond acceptors (Lipinski definition) is 3. The fraction of sp³-hybridized carbons (Fsp3) is 0.471. The van der Waals surface area contributed by atoms with Gasteiger partial charge in [-0.05, 0) is 43.0 Å². The van der Waals surface area contributed by atoms with Crippen molar-refractivity contribution in [3.63, 3.8) is 0 Å². The van der Waals surface area contributed by atoms with Crippen molar-refractivity contribution in [1.29, 1.82) is 0 Å². The van der Waals surface area contributed by atoms with Gasteiger partial charge in [-0.15, -0.1) is 0 Å². The lowest BCUT2D eigenvalue weighted by molar-refractivity contribution is -0.130. The summed E-state index contributed by atoms with van der Waals surface area (Å²) < 4.78 is 26.4. The second kappa shape index (κ2) is 9.20. The molecule has 1 aromatic rings. The summed E-state index contributed by atoms with van der Waals surface area (Å²) in [6.45, 7) is 1.70. The Morgan fingerprint density at radius 1 is 1.17 bits per heavy atom. The van der Waals surface area contributed by atoms with E-state index in [-0.39, 0.29) is 5.91 Å². The highest BCUT2D eigenvalue weighted by atomic mass is 35.5. The summed E-state index contributed by atoms with van der Waals surface area (Å²) in [4.78, 5) is 13.7. The van der Waals surface area contributed by atoms with Crippen molar-refractivity contribution in [3.8, 4) is 0 Å². The van der Waals surface area contributed by atoms with Gasteiger partial charge in [0.2, 0.25) is 15.9 Å². The van der Waals surface area contributed by atoms with Crippen LogP contribution in [0.25, 0.3) is 6.08 Å². The number of sulfonamides is 1. The SMILES string of the molecule is O=C1CCCCCN1CCCNS(=O)(=O)/C=C/c1ccc(Cl)cc1. The Bertz CT molecular complexity index is 672. The van der Waals surface area contributed by atoms with E-state index in [0.717, 1.165) is 36.8 Å². The van der Waals surface area contributed by atoms with Crippen LogP contribution in [0.5, 0.6) is 0 Å². The summed E-state index contributed by atoms with van der Waals surface area (Å²) in [5.74, 6) is 0.179. The van der Waals surface area contributed by atoms with Crippen LogP contribution in [0.4, 0.5) is 0 Å². The zero-order chi connectivity index (χ0) is 17.4. The number of likely N-dealkylation sites (tertiary alicyclic amines) is 1. The Morgan fingerprint density at radius 2 is 1.92 bits per heavy atom. The van der Waals surface area contributed by atoms with E-state index in [1.54, 1.807) is 24.3 Å². The van der Waals surface area contributed by atoms with Crippen LogP contribution in [0.2, 0.25) is 5.02 Å². The highest BCUT2D eigenvalue weighted by Crippen LogP contribution is 2.12. The molecule has 0 spiro atoms. The van der Waals surface area contributed by atoms with Gasteiger partial charge in [0.25, 0.3) is 0 Å². The molecule has 0 aliphatic carbocycles. The summed E-state index contributed by atoms with van der Waals surface area (Å²) in [6, 6.07) is 6.91. The van der Waals surface area contributed by atoms with Crippen LogP contribution in [0.1, 0.15) is 37.7 Å². The molecule has 1 aromatic carbocycles. The minimum absolute atomic E-state index is 0.179. The fourth-order valence-corrected chi connectivity index (χ4v) is 3.54. The van der Waals surface area contributed by atoms with Crippen molar-refractivity contribution in [2.45, 2.75) is 32.1 Å². The fourth-order valence-electron chi connectivity index (χ4n) is 2.55. The highest BCUT2D eigenvalue weighted by molar-refractivity contribution is 7.92. The summed E-state index contributed by atoms with van der Waals surface area (Å²) in [6.07, 6.45) is 5.81. The molecule has 1 aliphatic rings. The minimum atomic E-state index is -3.48. The molecule has 0 atom stereocenters. The van der Waals surface area contributed by atoms with Gasteiger partial charge < -0.3 is 4.90 Å². The number of hydrogen-bond donors (Lipinski definition) is 1. The average Bonchev–Trinajstić information content (AvgIpc) is 2.76. The molecule has 1 N–H and O–H groups in total. The lowest BCUT2D eigenvalue weighted by Crippen LogP contribution is -2.33. The zero-order valence-electron chi connectivity index (χ0n) is 13.6. The first-order chi connectivity index (χ1) is 11.5. The molecule has 132 valence electrons. The third kappa shape index (κ3) is 6.63. The van der Waals surface area contributed by atoms with Gasteiger partial charge >= 0.3 is 0 Å². The maximum Gasteiger partial charge on any atom is 0.233 e. The van der Waals surface area contributed by atoms with E-state index in [0.29, 0.717) is 31.0 Å². The van der Waals surface area contributed by atoms with Crippen LogP contribution >= 0.6 is 11.6 Å². The van der Waals surface area contributed by atoms with Crippen LogP contribution in [-0.2, 0) is 14.8 Å². The predicted octanol–water partition coefficient (Wildman–Crippen LogP) is 3.02. The summed E-state index contributed by atoms with van der Waals surface area (Å²) >= 11 is 5.79. The highest BCUT2D eigenvalue weighted by Gasteiger charge is 2.15. The van der Waals surface area contributed by atoms with Gasteiger partial charge in [-0.25, -0.2) is 13.1 Å². The third-order valence-corrected chi connectivity index (χ3v) is 5.24. The average molecular weight is 371 g/mol. The van der Waals surface area contributed by atoms with Crippen molar-refractivity contribution >= 4 is 33.6 Å². The van der Waals surface area contributed by atoms with Crippen molar-refractivity contribution in [2.24, 2.45) is 0 Å². The lowest BCUT2D eigenvalue weighted by Gasteiger charge is -2.20. The van der Waals surface area contributed by atoms with Crippen LogP contribution in [-0.4, -0.2) is 38.9 Å². The maximum absolute atomic E-state index is 11.9. The number of nitrogens with zero attached hydrogens (tertiary/aromatic N) is 1. The molecule has 0 unspecified atom stereocenters. The van der Waals surface area contributed by atoms with Gasteiger partial charge in [0, 0.05) is 36.5 Å². The van der Waals surface area contributed by atoms with Crippen molar-refractivity contribution in [3.05, 3.63) is 40.3 Å². The Balaban J connectivity index is 1.76. The summed E-state index contributed by atoms with van der Waals surface area (Å²) in [5, 5.41) is 1.75. The van der Waals surface area contributed by atoms with E-state index in [9.17, 15) is 13.2 Å². The molecule has 1 fully saturated rings. The first-order valence-electron chi connectivity index (χ1n) is 8.17. The van der Waals surface area contributed by atoms with E-state index in [1.165, 1.54) is 6.08 Å². The second-order valence-electron chi connectivity index (χ2n) is 5.84. The predicted molar refractivity (Wildman–Crippen MR) is 97.1 cm³/mol. The number of amides is 1. The number of halogens is 1. The topological polar surface area (TPSA) is 66.5 Å². The molecule has 1 heterocycles. The molecule has 0 bridgehead atoms. The molecule has 7 heteroatoms. The zero-order valence-corrected chi connectivity index (χ0v) is 15.2. The molecule has 2 rings (SSSR count). The molecular weight excluding hydrogens is 348 g/mol. The van der Waals surface area contributed by atoms with E-state index in [4.69, 9.17) is 11.6 Å². The standard InChI is InChI=1S/C17H23ClN2O3S/c18-16-8-6-15(7-9-16)10-14-24(22,23)19-11-4-13-20-12-3-1-2-5-17(20)21/h6-10,14,19H,1-5,11-13H2/b14-10+. The molecule has 5 nitrogen and oxygen atoms in total. The minimum Gasteiger partial charge on any atom is -0.343 e. The monoisotopic (exact) mass is 370 g/mol. The van der Waals surface area contributed by atoms with Gasteiger partial charge in [-0.2, -0.15) is 0 Å². The Kier molecular flexibility index (Phi) is 7.27. The molecular formula is C17H23ClN2O3S. The van der Waals surface area contributed by atoms with Gasteiger partial charge in [0.1, 0.15) is 0 Å². The largest absolute Gasteiger partial charge is 0.343 e. The number of nitrogens with one attached hydrogen (secondary N) is 1. The maximum atomic E-state index is 11.9. The van der Waals surface area contributed by atoms with E-state index in [1.807, 2.05) is 4.90 Å². The van der Waals surface area contributed by atoms with Crippen molar-refractivity contribution < 1.29 is 13.2 Å².